The number of anilines is 2. The van der Waals surface area contributed by atoms with Crippen LogP contribution in [0.3, 0.4) is 0 Å². The lowest BCUT2D eigenvalue weighted by atomic mass is 10.1. The first kappa shape index (κ1) is 15.2. The molecule has 0 bridgehead atoms. The van der Waals surface area contributed by atoms with E-state index < -0.39 is 0 Å². The Labute approximate surface area is 143 Å². The van der Waals surface area contributed by atoms with Crippen LogP contribution in [0.15, 0.2) is 48.5 Å². The second-order valence-corrected chi connectivity index (χ2v) is 6.95. The van der Waals surface area contributed by atoms with Crippen molar-refractivity contribution >= 4 is 11.4 Å². The van der Waals surface area contributed by atoms with Crippen molar-refractivity contribution in [2.45, 2.75) is 52.2 Å². The molecule has 0 fully saturated rings. The lowest BCUT2D eigenvalue weighted by Gasteiger charge is -2.52. The molecule has 2 aromatic rings. The van der Waals surface area contributed by atoms with Crippen molar-refractivity contribution in [3.63, 3.8) is 0 Å². The van der Waals surface area contributed by atoms with Gasteiger partial charge in [0.1, 0.15) is 11.5 Å². The lowest BCUT2D eigenvalue weighted by Crippen LogP contribution is -2.65. The normalized spacial score (nSPS) is 21.8. The van der Waals surface area contributed by atoms with E-state index in [1.165, 1.54) is 0 Å². The molecule has 2 unspecified atom stereocenters. The second-order valence-electron chi connectivity index (χ2n) is 6.95. The van der Waals surface area contributed by atoms with Crippen LogP contribution in [0.2, 0.25) is 0 Å². The van der Waals surface area contributed by atoms with Crippen molar-refractivity contribution in [3.8, 4) is 11.5 Å². The summed E-state index contributed by atoms with van der Waals surface area (Å²) in [5.74, 6) is 1.84. The number of hydrogen-bond donors (Lipinski definition) is 0. The highest BCUT2D eigenvalue weighted by atomic mass is 16.6. The summed E-state index contributed by atoms with van der Waals surface area (Å²) in [5, 5.41) is 0. The molecule has 2 atom stereocenters. The average molecular weight is 324 g/mol. The summed E-state index contributed by atoms with van der Waals surface area (Å²) in [6.07, 6.45) is -0.339. The molecule has 2 aliphatic heterocycles. The molecular formula is C20H24N2O2. The third kappa shape index (κ3) is 2.20. The molecule has 2 aliphatic rings. The summed E-state index contributed by atoms with van der Waals surface area (Å²) < 4.78 is 12.8. The van der Waals surface area contributed by atoms with Gasteiger partial charge >= 0.3 is 0 Å². The molecule has 2 heterocycles. The third-order valence-electron chi connectivity index (χ3n) is 4.69. The smallest absolute Gasteiger partial charge is 0.229 e. The zero-order chi connectivity index (χ0) is 16.8. The standard InChI is InChI=1S/C20H24N2O2/c1-13(2)21-15-9-5-7-11-17(15)24-20-19(21)23-18-12-8-6-10-16(18)22(20)14(3)4/h5-14,19-20H,1-4H3. The van der Waals surface area contributed by atoms with Crippen molar-refractivity contribution in [2.75, 3.05) is 9.80 Å². The summed E-state index contributed by atoms with van der Waals surface area (Å²) in [6.45, 7) is 8.79. The van der Waals surface area contributed by atoms with Gasteiger partial charge in [-0.2, -0.15) is 0 Å². The lowest BCUT2D eigenvalue weighted by molar-refractivity contribution is 0.0173. The van der Waals surface area contributed by atoms with Gasteiger partial charge in [-0.05, 0) is 52.0 Å². The Morgan fingerprint density at radius 2 is 1.04 bits per heavy atom. The fourth-order valence-corrected chi connectivity index (χ4v) is 3.72. The molecule has 4 heteroatoms. The van der Waals surface area contributed by atoms with Gasteiger partial charge in [-0.15, -0.1) is 0 Å². The SMILES string of the molecule is CC(C)N1c2ccccc2OC2C1Oc1ccccc1N2C(C)C. The molecule has 0 aromatic heterocycles. The Morgan fingerprint density at radius 3 is 1.42 bits per heavy atom. The van der Waals surface area contributed by atoms with Crippen LogP contribution < -0.4 is 19.3 Å². The van der Waals surface area contributed by atoms with E-state index in [0.29, 0.717) is 12.1 Å². The van der Waals surface area contributed by atoms with Crippen LogP contribution >= 0.6 is 0 Å². The average Bonchev–Trinajstić information content (AvgIpc) is 2.56. The molecule has 0 amide bonds. The van der Waals surface area contributed by atoms with Crippen molar-refractivity contribution in [1.29, 1.82) is 0 Å². The monoisotopic (exact) mass is 324 g/mol. The Morgan fingerprint density at radius 1 is 0.667 bits per heavy atom. The van der Waals surface area contributed by atoms with Gasteiger partial charge in [0.05, 0.1) is 11.4 Å². The topological polar surface area (TPSA) is 24.9 Å². The highest BCUT2D eigenvalue weighted by molar-refractivity contribution is 5.67. The number of para-hydroxylation sites is 4. The Balaban J connectivity index is 1.86. The van der Waals surface area contributed by atoms with Gasteiger partial charge in [0.15, 0.2) is 0 Å². The zero-order valence-corrected chi connectivity index (χ0v) is 14.6. The molecule has 126 valence electrons. The molecule has 0 spiro atoms. The van der Waals surface area contributed by atoms with Gasteiger partial charge in [0.2, 0.25) is 12.5 Å². The fourth-order valence-electron chi connectivity index (χ4n) is 3.72. The van der Waals surface area contributed by atoms with Gasteiger partial charge in [-0.25, -0.2) is 0 Å². The quantitative estimate of drug-likeness (QED) is 0.824. The number of nitrogens with zero attached hydrogens (tertiary/aromatic N) is 2. The van der Waals surface area contributed by atoms with Gasteiger partial charge in [0, 0.05) is 12.1 Å². The van der Waals surface area contributed by atoms with Gasteiger partial charge in [0.25, 0.3) is 0 Å². The zero-order valence-electron chi connectivity index (χ0n) is 14.6. The minimum atomic E-state index is -0.169. The second kappa shape index (κ2) is 5.62. The number of hydrogen-bond acceptors (Lipinski definition) is 4. The van der Waals surface area contributed by atoms with Crippen LogP contribution in [0.1, 0.15) is 27.7 Å². The largest absolute Gasteiger partial charge is 0.462 e. The predicted molar refractivity (Wildman–Crippen MR) is 96.9 cm³/mol. The van der Waals surface area contributed by atoms with Crippen LogP contribution in [0, 0.1) is 0 Å². The van der Waals surface area contributed by atoms with Crippen LogP contribution in [-0.2, 0) is 0 Å². The molecule has 4 nitrogen and oxygen atoms in total. The van der Waals surface area contributed by atoms with E-state index in [1.807, 2.05) is 24.3 Å². The first-order valence-electron chi connectivity index (χ1n) is 8.66. The molecule has 24 heavy (non-hydrogen) atoms. The first-order valence-corrected chi connectivity index (χ1v) is 8.66. The van der Waals surface area contributed by atoms with E-state index in [1.54, 1.807) is 0 Å². The summed E-state index contributed by atoms with van der Waals surface area (Å²) in [5.41, 5.74) is 2.19. The van der Waals surface area contributed by atoms with E-state index in [-0.39, 0.29) is 12.5 Å². The van der Waals surface area contributed by atoms with Crippen LogP contribution in [-0.4, -0.2) is 24.5 Å². The predicted octanol–water partition coefficient (Wildman–Crippen LogP) is 4.25. The first-order chi connectivity index (χ1) is 11.6. The van der Waals surface area contributed by atoms with Gasteiger partial charge in [-0.1, -0.05) is 24.3 Å². The molecule has 0 aliphatic carbocycles. The summed E-state index contributed by atoms with van der Waals surface area (Å²) in [6, 6.07) is 17.1. The molecule has 0 saturated heterocycles. The van der Waals surface area contributed by atoms with E-state index in [4.69, 9.17) is 9.47 Å². The van der Waals surface area contributed by atoms with E-state index in [0.717, 1.165) is 22.9 Å². The minimum absolute atomic E-state index is 0.169. The summed E-state index contributed by atoms with van der Waals surface area (Å²) >= 11 is 0. The van der Waals surface area contributed by atoms with Crippen molar-refractivity contribution in [1.82, 2.24) is 0 Å². The highest BCUT2D eigenvalue weighted by Crippen LogP contribution is 2.45. The molecule has 0 radical (unpaired) electrons. The van der Waals surface area contributed by atoms with Gasteiger partial charge in [-0.3, -0.25) is 0 Å². The Hall–Kier alpha value is -2.36. The van der Waals surface area contributed by atoms with Crippen LogP contribution in [0.25, 0.3) is 0 Å². The van der Waals surface area contributed by atoms with Gasteiger partial charge < -0.3 is 19.3 Å². The van der Waals surface area contributed by atoms with Crippen molar-refractivity contribution in [2.24, 2.45) is 0 Å². The van der Waals surface area contributed by atoms with Crippen molar-refractivity contribution in [3.05, 3.63) is 48.5 Å². The maximum Gasteiger partial charge on any atom is 0.229 e. The van der Waals surface area contributed by atoms with Crippen molar-refractivity contribution < 1.29 is 9.47 Å². The minimum Gasteiger partial charge on any atom is -0.462 e. The van der Waals surface area contributed by atoms with E-state index in [2.05, 4.69) is 61.8 Å². The Kier molecular flexibility index (Phi) is 3.56. The van der Waals surface area contributed by atoms with Crippen LogP contribution in [0.4, 0.5) is 11.4 Å². The molecule has 0 N–H and O–H groups in total. The van der Waals surface area contributed by atoms with Crippen LogP contribution in [0.5, 0.6) is 11.5 Å². The molecule has 0 saturated carbocycles. The summed E-state index contributed by atoms with van der Waals surface area (Å²) in [7, 11) is 0. The summed E-state index contributed by atoms with van der Waals surface area (Å²) in [4.78, 5) is 4.66. The van der Waals surface area contributed by atoms with E-state index in [9.17, 15) is 0 Å². The van der Waals surface area contributed by atoms with E-state index >= 15 is 0 Å². The maximum atomic E-state index is 6.41. The fraction of sp³-hybridized carbons (Fsp3) is 0.400. The third-order valence-corrected chi connectivity index (χ3v) is 4.69. The number of rotatable bonds is 2. The number of fused-ring (bicyclic) bond motifs is 3. The molecular weight excluding hydrogens is 300 g/mol. The molecule has 4 rings (SSSR count). The Bertz CT molecular complexity index is 680. The maximum absolute atomic E-state index is 6.41. The number of benzene rings is 2. The highest BCUT2D eigenvalue weighted by Gasteiger charge is 2.46. The number of ether oxygens (including phenoxy) is 2. The molecule has 2 aromatic carbocycles.